The zero-order valence-corrected chi connectivity index (χ0v) is 13.7. The Hall–Kier alpha value is -3.68. The summed E-state index contributed by atoms with van der Waals surface area (Å²) in [5.41, 5.74) is -0.0149. The van der Waals surface area contributed by atoms with Crippen molar-refractivity contribution in [1.82, 2.24) is 4.98 Å². The lowest BCUT2D eigenvalue weighted by atomic mass is 10.1. The molecule has 0 saturated heterocycles. The van der Waals surface area contributed by atoms with Gasteiger partial charge in [-0.1, -0.05) is 12.1 Å². The fourth-order valence-electron chi connectivity index (χ4n) is 2.10. The van der Waals surface area contributed by atoms with E-state index in [4.69, 9.17) is 5.11 Å². The summed E-state index contributed by atoms with van der Waals surface area (Å²) in [4.78, 5) is 26.4. The summed E-state index contributed by atoms with van der Waals surface area (Å²) in [6.07, 6.45) is 0. The number of carbonyl (C=O) groups is 2. The predicted octanol–water partition coefficient (Wildman–Crippen LogP) is 2.72. The SMILES string of the molecule is [N-]=C=C(N=Nc1cc(C(=O)[O-])cc(C(=O)O)c1)c1nc2ccccc2s1. The molecule has 0 unspecified atom stereocenters. The Kier molecular flexibility index (Phi) is 4.66. The third-order valence-electron chi connectivity index (χ3n) is 3.27. The number of carboxylic acid groups (broad SMARTS) is 2. The van der Waals surface area contributed by atoms with Crippen LogP contribution in [0.5, 0.6) is 0 Å². The molecule has 8 nitrogen and oxygen atoms in total. The number of para-hydroxylation sites is 1. The maximum Gasteiger partial charge on any atom is 0.335 e. The second kappa shape index (κ2) is 7.06. The Labute approximate surface area is 150 Å². The molecule has 128 valence electrons. The van der Waals surface area contributed by atoms with Crippen LogP contribution in [0.4, 0.5) is 5.69 Å². The number of carbonyl (C=O) groups excluding carboxylic acids is 1. The van der Waals surface area contributed by atoms with Crippen LogP contribution in [-0.2, 0) is 0 Å². The summed E-state index contributed by atoms with van der Waals surface area (Å²) in [5.74, 6) is -0.977. The second-order valence-corrected chi connectivity index (χ2v) is 6.04. The minimum Gasteiger partial charge on any atom is -0.761 e. The van der Waals surface area contributed by atoms with Crippen LogP contribution in [0, 0.1) is 0 Å². The normalized spacial score (nSPS) is 10.8. The van der Waals surface area contributed by atoms with Crippen molar-refractivity contribution in [3.05, 3.63) is 64.0 Å². The summed E-state index contributed by atoms with van der Waals surface area (Å²) in [7, 11) is 0. The second-order valence-electron chi connectivity index (χ2n) is 5.01. The lowest BCUT2D eigenvalue weighted by Gasteiger charge is -2.05. The average molecular weight is 364 g/mol. The van der Waals surface area contributed by atoms with Gasteiger partial charge in [0.15, 0.2) is 5.01 Å². The number of nitrogens with zero attached hydrogens (tertiary/aromatic N) is 4. The molecule has 0 bridgehead atoms. The summed E-state index contributed by atoms with van der Waals surface area (Å²) >= 11 is 1.26. The summed E-state index contributed by atoms with van der Waals surface area (Å²) < 4.78 is 0.873. The third-order valence-corrected chi connectivity index (χ3v) is 4.31. The Bertz CT molecular complexity index is 1050. The number of thiazole rings is 1. The molecule has 1 aromatic heterocycles. The van der Waals surface area contributed by atoms with E-state index < -0.39 is 11.9 Å². The molecule has 9 heteroatoms. The first-order valence-electron chi connectivity index (χ1n) is 7.12. The van der Waals surface area contributed by atoms with E-state index in [0.29, 0.717) is 10.5 Å². The van der Waals surface area contributed by atoms with Crippen LogP contribution in [0.1, 0.15) is 25.7 Å². The number of hydrogen-bond donors (Lipinski definition) is 1. The topological polar surface area (TPSA) is 137 Å². The van der Waals surface area contributed by atoms with Gasteiger partial charge in [0.2, 0.25) is 0 Å². The first-order valence-corrected chi connectivity index (χ1v) is 7.94. The van der Waals surface area contributed by atoms with Gasteiger partial charge in [-0.2, -0.15) is 0 Å². The molecule has 0 fully saturated rings. The van der Waals surface area contributed by atoms with Crippen molar-refractivity contribution in [3.63, 3.8) is 0 Å². The van der Waals surface area contributed by atoms with Crippen molar-refractivity contribution in [3.8, 4) is 0 Å². The van der Waals surface area contributed by atoms with Gasteiger partial charge in [-0.3, -0.25) is 0 Å². The van der Waals surface area contributed by atoms with Crippen molar-refractivity contribution in [2.75, 3.05) is 0 Å². The predicted molar refractivity (Wildman–Crippen MR) is 93.6 cm³/mol. The summed E-state index contributed by atoms with van der Waals surface area (Å²) in [6, 6.07) is 10.5. The zero-order valence-electron chi connectivity index (χ0n) is 12.9. The largest absolute Gasteiger partial charge is 0.761 e. The zero-order chi connectivity index (χ0) is 18.7. The molecule has 0 aliphatic rings. The van der Waals surface area contributed by atoms with Gasteiger partial charge in [-0.15, -0.1) is 21.6 Å². The molecule has 0 aliphatic carbocycles. The third kappa shape index (κ3) is 3.54. The van der Waals surface area contributed by atoms with Crippen molar-refractivity contribution >= 4 is 50.7 Å². The highest BCUT2D eigenvalue weighted by molar-refractivity contribution is 7.19. The van der Waals surface area contributed by atoms with Crippen LogP contribution in [0.25, 0.3) is 21.3 Å². The van der Waals surface area contributed by atoms with Gasteiger partial charge in [-0.25, -0.2) is 15.6 Å². The van der Waals surface area contributed by atoms with Crippen molar-refractivity contribution in [2.45, 2.75) is 0 Å². The monoisotopic (exact) mass is 364 g/mol. The lowest BCUT2D eigenvalue weighted by molar-refractivity contribution is -0.255. The Morgan fingerprint density at radius 2 is 1.92 bits per heavy atom. The average Bonchev–Trinajstić information content (AvgIpc) is 3.05. The van der Waals surface area contributed by atoms with Crippen molar-refractivity contribution < 1.29 is 19.8 Å². The molecule has 0 spiro atoms. The number of benzene rings is 2. The molecule has 0 aliphatic heterocycles. The molecule has 3 aromatic rings. The van der Waals surface area contributed by atoms with E-state index in [0.717, 1.165) is 22.9 Å². The maximum absolute atomic E-state index is 11.1. The van der Waals surface area contributed by atoms with Crippen molar-refractivity contribution in [1.29, 1.82) is 0 Å². The Morgan fingerprint density at radius 1 is 1.19 bits per heavy atom. The Balaban J connectivity index is 1.98. The molecule has 1 N–H and O–H groups in total. The van der Waals surface area contributed by atoms with Gasteiger partial charge in [0.25, 0.3) is 0 Å². The standard InChI is InChI=1S/C17H9N4O4S/c18-8-13(15-19-12-3-1-2-4-14(12)26-15)21-20-11-6-9(16(22)23)5-10(7-11)17(24)25/h1-7H,(H,22,23)(H,24,25)/q-1/p-1. The highest BCUT2D eigenvalue weighted by Crippen LogP contribution is 2.28. The van der Waals surface area contributed by atoms with Crippen LogP contribution >= 0.6 is 11.3 Å². The van der Waals surface area contributed by atoms with E-state index in [1.54, 1.807) is 6.07 Å². The van der Waals surface area contributed by atoms with Gasteiger partial charge in [-0.05, 0) is 30.3 Å². The first-order chi connectivity index (χ1) is 12.5. The smallest absolute Gasteiger partial charge is 0.335 e. The number of carboxylic acids is 2. The number of azo groups is 1. The van der Waals surface area contributed by atoms with E-state index in [1.807, 2.05) is 24.1 Å². The molecule has 0 atom stereocenters. The first kappa shape index (κ1) is 17.2. The van der Waals surface area contributed by atoms with E-state index in [-0.39, 0.29) is 22.5 Å². The van der Waals surface area contributed by atoms with Gasteiger partial charge in [0.05, 0.1) is 27.4 Å². The summed E-state index contributed by atoms with van der Waals surface area (Å²) in [5, 5.41) is 37.3. The molecular formula is C17H8N4O4S-2. The van der Waals surface area contributed by atoms with Gasteiger partial charge in [0.1, 0.15) is 5.70 Å². The van der Waals surface area contributed by atoms with Crippen LogP contribution in [0.2, 0.25) is 0 Å². The minimum absolute atomic E-state index is 0.0297. The van der Waals surface area contributed by atoms with E-state index in [2.05, 4.69) is 15.2 Å². The molecular weight excluding hydrogens is 356 g/mol. The number of aromatic carboxylic acids is 2. The molecule has 3 rings (SSSR count). The van der Waals surface area contributed by atoms with E-state index in [9.17, 15) is 20.1 Å². The lowest BCUT2D eigenvalue weighted by Crippen LogP contribution is -2.22. The van der Waals surface area contributed by atoms with E-state index >= 15 is 0 Å². The van der Waals surface area contributed by atoms with Gasteiger partial charge < -0.3 is 20.4 Å². The maximum atomic E-state index is 11.1. The molecule has 0 saturated carbocycles. The highest BCUT2D eigenvalue weighted by Gasteiger charge is 2.09. The molecule has 0 amide bonds. The highest BCUT2D eigenvalue weighted by atomic mass is 32.1. The van der Waals surface area contributed by atoms with Crippen LogP contribution < -0.4 is 5.11 Å². The molecule has 1 heterocycles. The van der Waals surface area contributed by atoms with Crippen molar-refractivity contribution in [2.24, 2.45) is 10.2 Å². The molecule has 2 aromatic carbocycles. The fraction of sp³-hybridized carbons (Fsp3) is 0. The van der Waals surface area contributed by atoms with Crippen LogP contribution in [0.15, 0.2) is 52.7 Å². The fourth-order valence-corrected chi connectivity index (χ4v) is 3.00. The van der Waals surface area contributed by atoms with Crippen LogP contribution in [0.3, 0.4) is 0 Å². The molecule has 26 heavy (non-hydrogen) atoms. The number of hydrogen-bond acceptors (Lipinski definition) is 7. The summed E-state index contributed by atoms with van der Waals surface area (Å²) in [6.45, 7) is 0. The Morgan fingerprint density at radius 3 is 2.58 bits per heavy atom. The minimum atomic E-state index is -1.54. The van der Waals surface area contributed by atoms with Gasteiger partial charge in [0, 0.05) is 5.56 Å². The van der Waals surface area contributed by atoms with E-state index in [1.165, 1.54) is 11.3 Å². The quantitative estimate of drug-likeness (QED) is 0.548. The van der Waals surface area contributed by atoms with Crippen LogP contribution in [-0.4, -0.2) is 27.9 Å². The number of rotatable bonds is 5. The molecule has 0 radical (unpaired) electrons. The number of aromatic nitrogens is 1. The van der Waals surface area contributed by atoms with Gasteiger partial charge >= 0.3 is 5.97 Å². The number of fused-ring (bicyclic) bond motifs is 1.